The largest absolute Gasteiger partial charge is 0.486 e. The number of ether oxygens (including phenoxy) is 3. The minimum atomic E-state index is -3.37. The van der Waals surface area contributed by atoms with Gasteiger partial charge >= 0.3 is 0 Å². The van der Waals surface area contributed by atoms with Gasteiger partial charge in [-0.1, -0.05) is 19.1 Å². The van der Waals surface area contributed by atoms with Gasteiger partial charge in [-0.05, 0) is 61.6 Å². The summed E-state index contributed by atoms with van der Waals surface area (Å²) >= 11 is 0. The molecule has 8 nitrogen and oxygen atoms in total. The van der Waals surface area contributed by atoms with Crippen LogP contribution < -0.4 is 9.46 Å². The molecule has 2 heterocycles. The summed E-state index contributed by atoms with van der Waals surface area (Å²) in [6.07, 6.45) is 3.64. The maximum atomic E-state index is 12.2. The molecule has 1 saturated carbocycles. The first kappa shape index (κ1) is 23.7. The number of hydrogen-bond donors (Lipinski definition) is 1. The molecule has 5 rings (SSSR count). The molecule has 0 spiro atoms. The maximum absolute atomic E-state index is 12.2. The van der Waals surface area contributed by atoms with E-state index in [0.29, 0.717) is 42.7 Å². The van der Waals surface area contributed by atoms with Gasteiger partial charge in [0.15, 0.2) is 0 Å². The average Bonchev–Trinajstić information content (AvgIpc) is 3.12. The second-order valence-electron chi connectivity index (χ2n) is 9.07. The predicted molar refractivity (Wildman–Crippen MR) is 134 cm³/mol. The standard InChI is InChI=1S/C26H29N3O5S/c1-2-12-35(30,31)28-19-8-6-18(7-9-19)26-24(14-27)23-13-21(34-22-15-32-17-33-16-22)10-11-25(23)29(26)20-4-3-5-20/h6-11,13,20,22,28H,2-5,12,15-17H2,1H3. The number of anilines is 1. The van der Waals surface area contributed by atoms with Crippen LogP contribution in [0.3, 0.4) is 0 Å². The van der Waals surface area contributed by atoms with E-state index >= 15 is 0 Å². The van der Waals surface area contributed by atoms with Crippen molar-refractivity contribution < 1.29 is 22.6 Å². The van der Waals surface area contributed by atoms with Crippen LogP contribution in [0.4, 0.5) is 5.69 Å². The van der Waals surface area contributed by atoms with Crippen molar-refractivity contribution in [3.05, 3.63) is 48.0 Å². The van der Waals surface area contributed by atoms with Gasteiger partial charge in [0.25, 0.3) is 0 Å². The molecular weight excluding hydrogens is 466 g/mol. The molecule has 3 aromatic rings. The van der Waals surface area contributed by atoms with E-state index in [2.05, 4.69) is 15.4 Å². The SMILES string of the molecule is CCCS(=O)(=O)Nc1ccc(-c2c(C#N)c3cc(OC4COCOC4)ccc3n2C2CCC2)cc1. The Kier molecular flexibility index (Phi) is 6.69. The zero-order valence-electron chi connectivity index (χ0n) is 19.7. The van der Waals surface area contributed by atoms with E-state index in [9.17, 15) is 13.7 Å². The maximum Gasteiger partial charge on any atom is 0.232 e. The molecule has 35 heavy (non-hydrogen) atoms. The van der Waals surface area contributed by atoms with Gasteiger partial charge in [0, 0.05) is 17.1 Å². The molecule has 184 valence electrons. The number of benzene rings is 2. The zero-order chi connectivity index (χ0) is 24.4. The number of rotatable bonds is 8. The summed E-state index contributed by atoms with van der Waals surface area (Å²) in [5, 5.41) is 11.1. The summed E-state index contributed by atoms with van der Waals surface area (Å²) < 4.78 is 45.9. The Balaban J connectivity index is 1.54. The quantitative estimate of drug-likeness (QED) is 0.481. The number of sulfonamides is 1. The first-order chi connectivity index (χ1) is 17.0. The Hall–Kier alpha value is -3.06. The second-order valence-corrected chi connectivity index (χ2v) is 10.9. The summed E-state index contributed by atoms with van der Waals surface area (Å²) in [5.74, 6) is 0.748. The molecule has 0 atom stereocenters. The number of nitrogens with zero attached hydrogens (tertiary/aromatic N) is 2. The fraction of sp³-hybridized carbons (Fsp3) is 0.423. The van der Waals surface area contributed by atoms with E-state index in [0.717, 1.165) is 41.4 Å². The molecule has 1 aliphatic heterocycles. The summed E-state index contributed by atoms with van der Waals surface area (Å²) in [5.41, 5.74) is 3.83. The number of nitrogens with one attached hydrogen (secondary N) is 1. The van der Waals surface area contributed by atoms with Crippen molar-refractivity contribution in [1.29, 1.82) is 5.26 Å². The van der Waals surface area contributed by atoms with E-state index in [1.807, 2.05) is 37.3 Å². The number of aromatic nitrogens is 1. The van der Waals surface area contributed by atoms with E-state index < -0.39 is 10.0 Å². The van der Waals surface area contributed by atoms with Crippen LogP contribution in [0.1, 0.15) is 44.2 Å². The number of fused-ring (bicyclic) bond motifs is 1. The van der Waals surface area contributed by atoms with Gasteiger partial charge in [0.05, 0.1) is 35.7 Å². The lowest BCUT2D eigenvalue weighted by atomic mass is 9.92. The number of nitriles is 1. The molecule has 0 radical (unpaired) electrons. The summed E-state index contributed by atoms with van der Waals surface area (Å²) in [6, 6.07) is 15.9. The van der Waals surface area contributed by atoms with Crippen LogP contribution in [0.2, 0.25) is 0 Å². The Labute approximate surface area is 205 Å². The monoisotopic (exact) mass is 495 g/mol. The van der Waals surface area contributed by atoms with Crippen molar-refractivity contribution >= 4 is 26.6 Å². The van der Waals surface area contributed by atoms with Gasteiger partial charge in [-0.25, -0.2) is 8.42 Å². The smallest absolute Gasteiger partial charge is 0.232 e. The molecule has 0 amide bonds. The Morgan fingerprint density at radius 3 is 2.51 bits per heavy atom. The molecule has 0 bridgehead atoms. The van der Waals surface area contributed by atoms with E-state index in [-0.39, 0.29) is 18.6 Å². The van der Waals surface area contributed by atoms with Crippen LogP contribution in [-0.4, -0.2) is 44.8 Å². The highest BCUT2D eigenvalue weighted by Crippen LogP contribution is 2.43. The van der Waals surface area contributed by atoms with Gasteiger partial charge in [0.1, 0.15) is 24.7 Å². The predicted octanol–water partition coefficient (Wildman–Crippen LogP) is 4.81. The summed E-state index contributed by atoms with van der Waals surface area (Å²) in [7, 11) is -3.37. The van der Waals surface area contributed by atoms with Gasteiger partial charge in [0.2, 0.25) is 10.0 Å². The number of hydrogen-bond acceptors (Lipinski definition) is 6. The van der Waals surface area contributed by atoms with Crippen molar-refractivity contribution in [2.24, 2.45) is 0 Å². The van der Waals surface area contributed by atoms with E-state index in [4.69, 9.17) is 14.2 Å². The van der Waals surface area contributed by atoms with Crippen molar-refractivity contribution in [3.63, 3.8) is 0 Å². The lowest BCUT2D eigenvalue weighted by Gasteiger charge is -2.30. The first-order valence-electron chi connectivity index (χ1n) is 12.0. The van der Waals surface area contributed by atoms with Crippen LogP contribution in [0.25, 0.3) is 22.2 Å². The van der Waals surface area contributed by atoms with Gasteiger partial charge in [-0.2, -0.15) is 5.26 Å². The fourth-order valence-corrected chi connectivity index (χ4v) is 5.84. The molecule has 2 fully saturated rings. The van der Waals surface area contributed by atoms with Crippen molar-refractivity contribution in [1.82, 2.24) is 4.57 Å². The minimum absolute atomic E-state index is 0.0762. The van der Waals surface area contributed by atoms with Gasteiger partial charge in [-0.15, -0.1) is 0 Å². The third-order valence-electron chi connectivity index (χ3n) is 6.51. The summed E-state index contributed by atoms with van der Waals surface area (Å²) in [4.78, 5) is 0. The molecule has 9 heteroatoms. The molecule has 0 unspecified atom stereocenters. The second kappa shape index (κ2) is 9.90. The van der Waals surface area contributed by atoms with Crippen molar-refractivity contribution in [2.45, 2.75) is 44.8 Å². The van der Waals surface area contributed by atoms with Gasteiger partial charge in [-0.3, -0.25) is 4.72 Å². The minimum Gasteiger partial charge on any atom is -0.486 e. The zero-order valence-corrected chi connectivity index (χ0v) is 20.5. The van der Waals surface area contributed by atoms with Crippen LogP contribution in [0.5, 0.6) is 5.75 Å². The molecule has 2 aliphatic rings. The Bertz CT molecular complexity index is 1350. The summed E-state index contributed by atoms with van der Waals surface area (Å²) in [6.45, 7) is 3.04. The van der Waals surface area contributed by atoms with Crippen LogP contribution in [0, 0.1) is 11.3 Å². The molecule has 1 aliphatic carbocycles. The lowest BCUT2D eigenvalue weighted by molar-refractivity contribution is -0.143. The Morgan fingerprint density at radius 2 is 1.89 bits per heavy atom. The molecule has 1 saturated heterocycles. The van der Waals surface area contributed by atoms with Gasteiger partial charge < -0.3 is 18.8 Å². The van der Waals surface area contributed by atoms with Crippen molar-refractivity contribution in [3.8, 4) is 23.1 Å². The molecular formula is C26H29N3O5S. The lowest BCUT2D eigenvalue weighted by Crippen LogP contribution is -2.33. The normalized spacial score (nSPS) is 17.1. The highest BCUT2D eigenvalue weighted by molar-refractivity contribution is 7.92. The highest BCUT2D eigenvalue weighted by atomic mass is 32.2. The van der Waals surface area contributed by atoms with Crippen LogP contribution in [0.15, 0.2) is 42.5 Å². The van der Waals surface area contributed by atoms with E-state index in [1.54, 1.807) is 12.1 Å². The van der Waals surface area contributed by atoms with E-state index in [1.165, 1.54) is 0 Å². The first-order valence-corrected chi connectivity index (χ1v) is 13.7. The third-order valence-corrected chi connectivity index (χ3v) is 8.00. The fourth-order valence-electron chi connectivity index (χ4n) is 4.71. The average molecular weight is 496 g/mol. The van der Waals surface area contributed by atoms with Crippen LogP contribution in [-0.2, 0) is 19.5 Å². The molecule has 1 aromatic heterocycles. The van der Waals surface area contributed by atoms with Crippen molar-refractivity contribution in [2.75, 3.05) is 30.5 Å². The third kappa shape index (κ3) is 4.87. The molecule has 2 aromatic carbocycles. The molecule has 1 N–H and O–H groups in total. The highest BCUT2D eigenvalue weighted by Gasteiger charge is 2.28. The topological polar surface area (TPSA) is 103 Å². The van der Waals surface area contributed by atoms with Crippen LogP contribution >= 0.6 is 0 Å². The Morgan fingerprint density at radius 1 is 1.14 bits per heavy atom.